The fourth-order valence-electron chi connectivity index (χ4n) is 2.72. The lowest BCUT2D eigenvalue weighted by Crippen LogP contribution is -2.30. The molecule has 0 saturated carbocycles. The van der Waals surface area contributed by atoms with E-state index < -0.39 is 23.6 Å². The Balaban J connectivity index is 1.74. The minimum atomic E-state index is -4.39. The van der Waals surface area contributed by atoms with Gasteiger partial charge < -0.3 is 15.4 Å². The van der Waals surface area contributed by atoms with Crippen LogP contribution in [0.15, 0.2) is 48.5 Å². The van der Waals surface area contributed by atoms with Crippen molar-refractivity contribution in [3.8, 4) is 11.3 Å². The summed E-state index contributed by atoms with van der Waals surface area (Å²) in [5.41, 5.74) is 1.37. The van der Waals surface area contributed by atoms with Crippen LogP contribution in [0, 0.1) is 6.92 Å². The highest BCUT2D eigenvalue weighted by Gasteiger charge is 2.30. The molecule has 2 N–H and O–H groups in total. The van der Waals surface area contributed by atoms with Gasteiger partial charge in [-0.3, -0.25) is 9.59 Å². The number of rotatable bonds is 6. The Bertz CT molecular complexity index is 1100. The molecule has 0 unspecified atom stereocenters. The average Bonchev–Trinajstić information content (AvgIpc) is 3.11. The highest BCUT2D eigenvalue weighted by atomic mass is 32.1. The average molecular weight is 449 g/mol. The molecule has 2 aromatic carbocycles. The number of carbonyl (C=O) groups excluding carboxylic acids is 2. The number of aryl methyl sites for hydroxylation is 1. The van der Waals surface area contributed by atoms with Crippen molar-refractivity contribution in [2.45, 2.75) is 13.1 Å². The van der Waals surface area contributed by atoms with Gasteiger partial charge in [0.1, 0.15) is 6.54 Å². The first-order valence-electron chi connectivity index (χ1n) is 9.04. The zero-order chi connectivity index (χ0) is 22.6. The van der Waals surface area contributed by atoms with Gasteiger partial charge in [-0.2, -0.15) is 13.2 Å². The number of hydrogen-bond donors (Lipinski definition) is 2. The Morgan fingerprint density at radius 1 is 1.13 bits per heavy atom. The minimum Gasteiger partial charge on any atom is -0.468 e. The topological polar surface area (TPSA) is 80.3 Å². The fourth-order valence-corrected chi connectivity index (χ4v) is 3.58. The number of anilines is 2. The molecule has 3 aromatic rings. The van der Waals surface area contributed by atoms with Crippen molar-refractivity contribution in [3.05, 3.63) is 64.5 Å². The SMILES string of the molecule is COC(=O)CNC(=O)c1cccc(Nc2nc(-c3ccc(C(F)(F)F)cc3)c(C)s2)c1. The van der Waals surface area contributed by atoms with Crippen molar-refractivity contribution in [1.29, 1.82) is 0 Å². The molecule has 1 amide bonds. The highest BCUT2D eigenvalue weighted by Crippen LogP contribution is 2.34. The summed E-state index contributed by atoms with van der Waals surface area (Å²) in [6, 6.07) is 11.4. The van der Waals surface area contributed by atoms with E-state index in [1.165, 1.54) is 30.6 Å². The number of aromatic nitrogens is 1. The third-order valence-corrected chi connectivity index (χ3v) is 5.17. The van der Waals surface area contributed by atoms with Crippen molar-refractivity contribution < 1.29 is 27.5 Å². The maximum Gasteiger partial charge on any atom is 0.416 e. The van der Waals surface area contributed by atoms with E-state index in [9.17, 15) is 22.8 Å². The number of nitrogens with one attached hydrogen (secondary N) is 2. The smallest absolute Gasteiger partial charge is 0.416 e. The second-order valence-electron chi connectivity index (χ2n) is 6.46. The molecule has 0 radical (unpaired) electrons. The van der Waals surface area contributed by atoms with E-state index in [1.54, 1.807) is 24.3 Å². The molecule has 0 saturated heterocycles. The first-order valence-corrected chi connectivity index (χ1v) is 9.86. The van der Waals surface area contributed by atoms with Gasteiger partial charge in [0.2, 0.25) is 0 Å². The van der Waals surface area contributed by atoms with Gasteiger partial charge in [-0.15, -0.1) is 11.3 Å². The quantitative estimate of drug-likeness (QED) is 0.530. The summed E-state index contributed by atoms with van der Waals surface area (Å²) in [6.45, 7) is 1.59. The van der Waals surface area contributed by atoms with E-state index in [-0.39, 0.29) is 6.54 Å². The molecule has 0 fully saturated rings. The largest absolute Gasteiger partial charge is 0.468 e. The number of esters is 1. The predicted octanol–water partition coefficient (Wildman–Crippen LogP) is 4.78. The van der Waals surface area contributed by atoms with E-state index in [2.05, 4.69) is 20.4 Å². The van der Waals surface area contributed by atoms with Crippen LogP contribution in [0.3, 0.4) is 0 Å². The van der Waals surface area contributed by atoms with Crippen LogP contribution in [0.2, 0.25) is 0 Å². The summed E-state index contributed by atoms with van der Waals surface area (Å²) < 4.78 is 42.8. The number of halogens is 3. The van der Waals surface area contributed by atoms with E-state index in [0.717, 1.165) is 17.0 Å². The lowest BCUT2D eigenvalue weighted by Gasteiger charge is -2.07. The molecule has 0 spiro atoms. The lowest BCUT2D eigenvalue weighted by atomic mass is 10.1. The van der Waals surface area contributed by atoms with Gasteiger partial charge in [-0.05, 0) is 37.3 Å². The number of nitrogens with zero attached hydrogens (tertiary/aromatic N) is 1. The van der Waals surface area contributed by atoms with E-state index in [1.807, 2.05) is 6.92 Å². The van der Waals surface area contributed by atoms with Gasteiger partial charge in [0.05, 0.1) is 18.4 Å². The van der Waals surface area contributed by atoms with Crippen molar-refractivity contribution in [2.75, 3.05) is 19.0 Å². The van der Waals surface area contributed by atoms with Gasteiger partial charge in [0.15, 0.2) is 5.13 Å². The Labute approximate surface area is 180 Å². The number of amides is 1. The van der Waals surface area contributed by atoms with Crippen LogP contribution in [-0.2, 0) is 15.7 Å². The third-order valence-electron chi connectivity index (χ3n) is 4.28. The summed E-state index contributed by atoms with van der Waals surface area (Å²) in [7, 11) is 1.23. The summed E-state index contributed by atoms with van der Waals surface area (Å²) >= 11 is 1.34. The highest BCUT2D eigenvalue weighted by molar-refractivity contribution is 7.16. The maximum absolute atomic E-state index is 12.8. The fraction of sp³-hybridized carbons (Fsp3) is 0.190. The van der Waals surface area contributed by atoms with Crippen LogP contribution in [0.4, 0.5) is 24.0 Å². The standard InChI is InChI=1S/C21H18F3N3O3S/c1-12-18(13-6-8-15(9-7-13)21(22,23)24)27-20(31-12)26-16-5-3-4-14(10-16)19(29)25-11-17(28)30-2/h3-10H,11H2,1-2H3,(H,25,29)(H,26,27). The maximum atomic E-state index is 12.8. The molecule has 0 atom stereocenters. The number of alkyl halides is 3. The van der Waals surface area contributed by atoms with E-state index in [4.69, 9.17) is 0 Å². The second kappa shape index (κ2) is 9.17. The van der Waals surface area contributed by atoms with Crippen molar-refractivity contribution in [1.82, 2.24) is 10.3 Å². The number of ether oxygens (including phenoxy) is 1. The zero-order valence-electron chi connectivity index (χ0n) is 16.5. The number of methoxy groups -OCH3 is 1. The van der Waals surface area contributed by atoms with Crippen LogP contribution in [-0.4, -0.2) is 30.5 Å². The molecule has 3 rings (SSSR count). The Kier molecular flexibility index (Phi) is 6.59. The summed E-state index contributed by atoms with van der Waals surface area (Å²) in [5, 5.41) is 6.08. The number of hydrogen-bond acceptors (Lipinski definition) is 6. The molecule has 162 valence electrons. The third kappa shape index (κ3) is 5.60. The van der Waals surface area contributed by atoms with Crippen molar-refractivity contribution in [2.24, 2.45) is 0 Å². The summed E-state index contributed by atoms with van der Waals surface area (Å²) in [5.74, 6) is -0.994. The molecular formula is C21H18F3N3O3S. The van der Waals surface area contributed by atoms with Crippen LogP contribution >= 0.6 is 11.3 Å². The predicted molar refractivity (Wildman–Crippen MR) is 111 cm³/mol. The van der Waals surface area contributed by atoms with Gasteiger partial charge >= 0.3 is 12.1 Å². The monoisotopic (exact) mass is 449 g/mol. The van der Waals surface area contributed by atoms with Gasteiger partial charge in [0, 0.05) is 21.7 Å². The molecule has 1 aromatic heterocycles. The first-order chi connectivity index (χ1) is 14.7. The summed E-state index contributed by atoms with van der Waals surface area (Å²) in [6.07, 6.45) is -4.39. The molecule has 0 aliphatic rings. The van der Waals surface area contributed by atoms with Crippen molar-refractivity contribution in [3.63, 3.8) is 0 Å². The normalized spacial score (nSPS) is 11.1. The lowest BCUT2D eigenvalue weighted by molar-refractivity contribution is -0.139. The molecule has 6 nitrogen and oxygen atoms in total. The second-order valence-corrected chi connectivity index (χ2v) is 7.67. The molecular weight excluding hydrogens is 431 g/mol. The number of benzene rings is 2. The zero-order valence-corrected chi connectivity index (χ0v) is 17.4. The van der Waals surface area contributed by atoms with Crippen LogP contribution in [0.25, 0.3) is 11.3 Å². The Morgan fingerprint density at radius 3 is 2.48 bits per heavy atom. The minimum absolute atomic E-state index is 0.241. The van der Waals surface area contributed by atoms with Crippen LogP contribution in [0.5, 0.6) is 0 Å². The summed E-state index contributed by atoms with van der Waals surface area (Å²) in [4.78, 5) is 28.6. The Morgan fingerprint density at radius 2 is 1.84 bits per heavy atom. The number of carbonyl (C=O) groups is 2. The molecule has 0 bridgehead atoms. The molecule has 31 heavy (non-hydrogen) atoms. The molecule has 0 aliphatic heterocycles. The van der Waals surface area contributed by atoms with Gasteiger partial charge in [-0.25, -0.2) is 4.98 Å². The number of thiazole rings is 1. The Hall–Kier alpha value is -3.40. The van der Waals surface area contributed by atoms with E-state index >= 15 is 0 Å². The van der Waals surface area contributed by atoms with Crippen LogP contribution < -0.4 is 10.6 Å². The molecule has 0 aliphatic carbocycles. The van der Waals surface area contributed by atoms with Gasteiger partial charge in [-0.1, -0.05) is 18.2 Å². The molecule has 10 heteroatoms. The van der Waals surface area contributed by atoms with Crippen LogP contribution in [0.1, 0.15) is 20.8 Å². The van der Waals surface area contributed by atoms with Gasteiger partial charge in [0.25, 0.3) is 5.91 Å². The van der Waals surface area contributed by atoms with E-state index in [0.29, 0.717) is 27.6 Å². The van der Waals surface area contributed by atoms with Crippen molar-refractivity contribution >= 4 is 34.0 Å². The molecule has 1 heterocycles. The first kappa shape index (κ1) is 22.3.